The predicted octanol–water partition coefficient (Wildman–Crippen LogP) is 8.07. The highest BCUT2D eigenvalue weighted by molar-refractivity contribution is 6.17. The molecule has 4 N–H and O–H groups in total. The first-order valence-electron chi connectivity index (χ1n) is 14.8. The van der Waals surface area contributed by atoms with E-state index in [0.29, 0.717) is 17.0 Å². The molecule has 1 aromatic carbocycles. The molecule has 1 aromatic rings. The van der Waals surface area contributed by atoms with Crippen LogP contribution in [0.1, 0.15) is 97.3 Å². The third-order valence-corrected chi connectivity index (χ3v) is 7.55. The Morgan fingerprint density at radius 1 is 1.26 bits per heavy atom. The van der Waals surface area contributed by atoms with Crippen LogP contribution >= 0.6 is 0 Å². The molecule has 2 rings (SSSR count). The fourth-order valence-electron chi connectivity index (χ4n) is 4.52. The van der Waals surface area contributed by atoms with Crippen LogP contribution in [0.4, 0.5) is 10.1 Å². The van der Waals surface area contributed by atoms with Crippen molar-refractivity contribution in [3.63, 3.8) is 0 Å². The lowest BCUT2D eigenvalue weighted by molar-refractivity contribution is -1.20. The lowest BCUT2D eigenvalue weighted by Crippen LogP contribution is -2.45. The van der Waals surface area contributed by atoms with Gasteiger partial charge < -0.3 is 9.84 Å². The molecule has 1 aliphatic carbocycles. The van der Waals surface area contributed by atoms with Crippen molar-refractivity contribution < 1.29 is 34.4 Å². The molecule has 0 aliphatic heterocycles. The Balaban J connectivity index is 0.00000217. The van der Waals surface area contributed by atoms with Crippen LogP contribution in [0.15, 0.2) is 45.7 Å². The van der Waals surface area contributed by atoms with Crippen molar-refractivity contribution >= 4 is 23.6 Å². The van der Waals surface area contributed by atoms with E-state index in [4.69, 9.17) is 16.2 Å². The Morgan fingerprint density at radius 3 is 2.33 bits per heavy atom. The number of carboxylic acids is 1. The van der Waals surface area contributed by atoms with Crippen LogP contribution in [0.2, 0.25) is 0 Å². The third-order valence-electron chi connectivity index (χ3n) is 7.55. The topological polar surface area (TPSA) is 124 Å². The lowest BCUT2D eigenvalue weighted by Gasteiger charge is -2.33. The average Bonchev–Trinajstić information content (AvgIpc) is 2.96. The number of nitrogens with zero attached hydrogens (tertiary/aromatic N) is 3. The number of hydrogen-bond donors (Lipinski definition) is 4. The highest BCUT2D eigenvalue weighted by Gasteiger charge is 2.34. The van der Waals surface area contributed by atoms with Crippen LogP contribution in [0.5, 0.6) is 5.75 Å². The molecule has 238 valence electrons. The Morgan fingerprint density at radius 2 is 1.86 bits per heavy atom. The van der Waals surface area contributed by atoms with E-state index in [1.54, 1.807) is 13.1 Å². The number of ether oxygens (including phenoxy) is 1. The monoisotopic (exact) mass is 601 g/mol. The molecular formula is C33H50FN4O5+. The molecule has 0 amide bonds. The number of aliphatic imine (C=N–C) groups is 2. The first-order chi connectivity index (χ1) is 20.2. The molecule has 9 nitrogen and oxygen atoms in total. The van der Waals surface area contributed by atoms with Crippen molar-refractivity contribution in [2.24, 2.45) is 27.2 Å². The first-order valence-corrected chi connectivity index (χ1v) is 14.8. The Hall–Kier alpha value is -3.52. The summed E-state index contributed by atoms with van der Waals surface area (Å²) in [4.78, 5) is 18.7. The minimum Gasteiger partial charge on any atom is -0.494 e. The van der Waals surface area contributed by atoms with E-state index in [9.17, 15) is 24.7 Å². The number of terminal acetylenes is 1. The third kappa shape index (κ3) is 11.6. The molecule has 0 saturated heterocycles. The fraction of sp³-hybridized carbons (Fsp3) is 0.545. The number of carboxylic acid groups (broad SMARTS) is 1. The SMILES string of the molecule is C#CCC.C/C=C(C=NCC1CCC(C)(C)CC1)/C(=N/C(=C\C)[N+](O)(O)Nc1cc(F)c(C(=O)O)cc1OC)C(C)CC. The number of allylic oxidation sites excluding steroid dienone is 3. The highest BCUT2D eigenvalue weighted by atomic mass is 19.1. The summed E-state index contributed by atoms with van der Waals surface area (Å²) in [5.74, 6) is 0.135. The minimum atomic E-state index is -1.93. The van der Waals surface area contributed by atoms with Crippen molar-refractivity contribution in [1.82, 2.24) is 0 Å². The van der Waals surface area contributed by atoms with Gasteiger partial charge in [-0.15, -0.1) is 22.8 Å². The van der Waals surface area contributed by atoms with E-state index < -0.39 is 22.3 Å². The van der Waals surface area contributed by atoms with Crippen LogP contribution in [0.3, 0.4) is 0 Å². The number of anilines is 1. The lowest BCUT2D eigenvalue weighted by atomic mass is 9.73. The number of halogens is 1. The van der Waals surface area contributed by atoms with Crippen molar-refractivity contribution in [1.29, 1.82) is 0 Å². The number of hydrogen-bond acceptors (Lipinski definition) is 7. The first kappa shape index (κ1) is 37.5. The zero-order chi connectivity index (χ0) is 32.8. The summed E-state index contributed by atoms with van der Waals surface area (Å²) in [6.07, 6.45) is 16.2. The van der Waals surface area contributed by atoms with E-state index in [-0.39, 0.29) is 23.2 Å². The molecule has 1 unspecified atom stereocenters. The number of rotatable bonds is 12. The second kappa shape index (κ2) is 17.6. The predicted molar refractivity (Wildman–Crippen MR) is 170 cm³/mol. The zero-order valence-electron chi connectivity index (χ0n) is 26.9. The van der Waals surface area contributed by atoms with Gasteiger partial charge >= 0.3 is 11.8 Å². The molecule has 43 heavy (non-hydrogen) atoms. The van der Waals surface area contributed by atoms with Gasteiger partial charge in [0.15, 0.2) is 0 Å². The number of carbonyl (C=O) groups is 1. The number of benzene rings is 1. The fourth-order valence-corrected chi connectivity index (χ4v) is 4.52. The number of quaternary nitrogens is 1. The van der Waals surface area contributed by atoms with Crippen molar-refractivity contribution in [2.45, 2.75) is 87.0 Å². The summed E-state index contributed by atoms with van der Waals surface area (Å²) in [6.45, 7) is 14.8. The smallest absolute Gasteiger partial charge is 0.338 e. The van der Waals surface area contributed by atoms with Crippen molar-refractivity contribution in [3.8, 4) is 18.1 Å². The standard InChI is InChI=1S/C29H43FN4O5.C4H6/c1-8-19(4)27(21(9-2)18-31-17-20-11-13-29(5,6)14-12-20)32-26(10-3)34(37,38)33-24-16-23(30)22(28(35)36)15-25(24)39-7;1-3-4-2/h9-10,15-16,18-20,33,37-38H,8,11-14,17H2,1-7H3;1H,4H2,2H3/p+1/b21-9+,26-10+,31-18?,32-27+;. The molecule has 1 saturated carbocycles. The van der Waals surface area contributed by atoms with Gasteiger partial charge in [0.05, 0.1) is 23.3 Å². The Kier molecular flexibility index (Phi) is 15.3. The molecule has 0 heterocycles. The maximum absolute atomic E-state index is 14.4. The summed E-state index contributed by atoms with van der Waals surface area (Å²) in [5, 5.41) is 31.0. The maximum atomic E-state index is 14.4. The summed E-state index contributed by atoms with van der Waals surface area (Å²) in [7, 11) is 1.26. The van der Waals surface area contributed by atoms with Gasteiger partial charge in [0.2, 0.25) is 0 Å². The van der Waals surface area contributed by atoms with Gasteiger partial charge in [-0.25, -0.2) is 9.18 Å². The minimum absolute atomic E-state index is 0.0325. The quantitative estimate of drug-likeness (QED) is 0.0831. The molecule has 1 fully saturated rings. The summed E-state index contributed by atoms with van der Waals surface area (Å²) in [5.41, 5.74) is 3.38. The average molecular weight is 602 g/mol. The van der Waals surface area contributed by atoms with E-state index in [2.05, 4.69) is 30.2 Å². The molecule has 0 aromatic heterocycles. The Labute approximate surface area is 256 Å². The second-order valence-corrected chi connectivity index (χ2v) is 11.4. The van der Waals surface area contributed by atoms with E-state index in [1.165, 1.54) is 26.0 Å². The normalized spacial score (nSPS) is 17.1. The van der Waals surface area contributed by atoms with Gasteiger partial charge in [-0.2, -0.15) is 10.4 Å². The Bertz CT molecular complexity index is 1230. The van der Waals surface area contributed by atoms with Gasteiger partial charge in [-0.05, 0) is 69.3 Å². The van der Waals surface area contributed by atoms with Gasteiger partial charge in [-0.1, -0.05) is 40.7 Å². The molecule has 1 atom stereocenters. The van der Waals surface area contributed by atoms with E-state index >= 15 is 0 Å². The molecule has 1 aliphatic rings. The summed E-state index contributed by atoms with van der Waals surface area (Å²) >= 11 is 0. The van der Waals surface area contributed by atoms with E-state index in [0.717, 1.165) is 49.9 Å². The number of methoxy groups -OCH3 is 1. The summed E-state index contributed by atoms with van der Waals surface area (Å²) < 4.78 is 19.5. The molecular weight excluding hydrogens is 551 g/mol. The van der Waals surface area contributed by atoms with Gasteiger partial charge in [0.1, 0.15) is 17.3 Å². The number of nitrogens with one attached hydrogen (secondary N) is 1. The van der Waals surface area contributed by atoms with Crippen LogP contribution in [0.25, 0.3) is 0 Å². The number of hydroxylamine groups is 2. The van der Waals surface area contributed by atoms with Crippen LogP contribution in [-0.4, -0.2) is 52.0 Å². The summed E-state index contributed by atoms with van der Waals surface area (Å²) in [6, 6.07) is 1.79. The van der Waals surface area contributed by atoms with Crippen molar-refractivity contribution in [2.75, 3.05) is 19.1 Å². The molecule has 0 radical (unpaired) electrons. The molecule has 0 bridgehead atoms. The highest BCUT2D eigenvalue weighted by Crippen LogP contribution is 2.38. The van der Waals surface area contributed by atoms with Gasteiger partial charge in [0.25, 0.3) is 0 Å². The largest absolute Gasteiger partial charge is 0.494 e. The molecule has 10 heteroatoms. The van der Waals surface area contributed by atoms with Crippen LogP contribution in [0, 0.1) is 35.4 Å². The van der Waals surface area contributed by atoms with Gasteiger partial charge in [0, 0.05) is 36.9 Å². The van der Waals surface area contributed by atoms with Crippen LogP contribution < -0.4 is 10.2 Å². The maximum Gasteiger partial charge on any atom is 0.338 e. The second-order valence-electron chi connectivity index (χ2n) is 11.4. The zero-order valence-corrected chi connectivity index (χ0v) is 26.9. The molecule has 0 spiro atoms. The van der Waals surface area contributed by atoms with Crippen LogP contribution in [-0.2, 0) is 0 Å². The number of aromatic carboxylic acids is 1. The van der Waals surface area contributed by atoms with Crippen molar-refractivity contribution in [3.05, 3.63) is 47.1 Å². The van der Waals surface area contributed by atoms with E-state index in [1.807, 2.05) is 33.8 Å². The van der Waals surface area contributed by atoms with Gasteiger partial charge in [-0.3, -0.25) is 4.99 Å².